The number of imidazole rings is 1. The van der Waals surface area contributed by atoms with Gasteiger partial charge in [-0.05, 0) is 31.2 Å². The second-order valence-corrected chi connectivity index (χ2v) is 5.18. The molecule has 0 radical (unpaired) electrons. The first-order valence-corrected chi connectivity index (χ1v) is 7.53. The monoisotopic (exact) mass is 344 g/mol. The summed E-state index contributed by atoms with van der Waals surface area (Å²) < 4.78 is 7.69. The molecule has 8 heteroatoms. The molecule has 0 N–H and O–H groups in total. The Kier molecular flexibility index (Phi) is 4.43. The number of hydrogen-bond donors (Lipinski definition) is 0. The van der Waals surface area contributed by atoms with Crippen LogP contribution in [0.1, 0.15) is 17.3 Å². The first-order chi connectivity index (χ1) is 11.6. The van der Waals surface area contributed by atoms with E-state index >= 15 is 0 Å². The molecule has 0 unspecified atom stereocenters. The number of ether oxygens (including phenoxy) is 1. The highest BCUT2D eigenvalue weighted by Crippen LogP contribution is 2.16. The molecule has 3 aromatic rings. The Morgan fingerprint density at radius 3 is 2.67 bits per heavy atom. The van der Waals surface area contributed by atoms with E-state index in [4.69, 9.17) is 16.3 Å². The van der Waals surface area contributed by atoms with E-state index in [0.717, 1.165) is 4.68 Å². The summed E-state index contributed by atoms with van der Waals surface area (Å²) >= 11 is 6.17. The van der Waals surface area contributed by atoms with Crippen LogP contribution in [-0.4, -0.2) is 31.9 Å². The molecular formula is C16H13ClN4O3. The van der Waals surface area contributed by atoms with Gasteiger partial charge >= 0.3 is 5.97 Å². The molecule has 2 aromatic heterocycles. The Morgan fingerprint density at radius 1 is 1.29 bits per heavy atom. The van der Waals surface area contributed by atoms with Crippen molar-refractivity contribution in [1.82, 2.24) is 19.3 Å². The van der Waals surface area contributed by atoms with E-state index in [9.17, 15) is 9.59 Å². The van der Waals surface area contributed by atoms with Crippen LogP contribution in [0.3, 0.4) is 0 Å². The standard InChI is InChI=1S/C16H13ClN4O3/c1-2-24-16(23)11-3-5-12(6-4-11)21-15(22)14(17)13(9-19-21)20-8-7-18-10-20/h3-10H,2H2,1H3. The minimum Gasteiger partial charge on any atom is -0.462 e. The van der Waals surface area contributed by atoms with Gasteiger partial charge in [0.15, 0.2) is 0 Å². The second kappa shape index (κ2) is 6.67. The van der Waals surface area contributed by atoms with E-state index in [-0.39, 0.29) is 5.02 Å². The van der Waals surface area contributed by atoms with Crippen LogP contribution >= 0.6 is 11.6 Å². The van der Waals surface area contributed by atoms with Gasteiger partial charge in [0.05, 0.1) is 36.1 Å². The quantitative estimate of drug-likeness (QED) is 0.678. The summed E-state index contributed by atoms with van der Waals surface area (Å²) in [6.07, 6.45) is 6.25. The number of carbonyl (C=O) groups excluding carboxylic acids is 1. The van der Waals surface area contributed by atoms with E-state index < -0.39 is 11.5 Å². The van der Waals surface area contributed by atoms with Gasteiger partial charge in [0.1, 0.15) is 5.02 Å². The number of carbonyl (C=O) groups is 1. The molecule has 0 saturated heterocycles. The summed E-state index contributed by atoms with van der Waals surface area (Å²) in [4.78, 5) is 28.0. The minimum atomic E-state index is -0.466. The van der Waals surface area contributed by atoms with Crippen molar-refractivity contribution in [3.8, 4) is 11.4 Å². The highest BCUT2D eigenvalue weighted by molar-refractivity contribution is 6.32. The van der Waals surface area contributed by atoms with Crippen molar-refractivity contribution in [2.75, 3.05) is 6.61 Å². The maximum atomic E-state index is 12.4. The number of aromatic nitrogens is 4. The van der Waals surface area contributed by atoms with E-state index in [2.05, 4.69) is 10.1 Å². The average Bonchev–Trinajstić information content (AvgIpc) is 3.12. The molecule has 0 fully saturated rings. The van der Waals surface area contributed by atoms with Gasteiger partial charge in [-0.2, -0.15) is 9.78 Å². The lowest BCUT2D eigenvalue weighted by Crippen LogP contribution is -2.23. The SMILES string of the molecule is CCOC(=O)c1ccc(-n2ncc(-n3ccnc3)c(Cl)c2=O)cc1. The molecule has 0 aliphatic rings. The Morgan fingerprint density at radius 2 is 2.04 bits per heavy atom. The van der Waals surface area contributed by atoms with Crippen LogP contribution in [0, 0.1) is 0 Å². The average molecular weight is 345 g/mol. The number of esters is 1. The zero-order chi connectivity index (χ0) is 17.1. The molecule has 0 atom stereocenters. The van der Waals surface area contributed by atoms with Crippen molar-refractivity contribution in [2.24, 2.45) is 0 Å². The second-order valence-electron chi connectivity index (χ2n) is 4.80. The van der Waals surface area contributed by atoms with Crippen LogP contribution in [0.2, 0.25) is 5.02 Å². The number of halogens is 1. The predicted molar refractivity (Wildman–Crippen MR) is 87.9 cm³/mol. The maximum absolute atomic E-state index is 12.4. The summed E-state index contributed by atoms with van der Waals surface area (Å²) in [6.45, 7) is 2.03. The highest BCUT2D eigenvalue weighted by atomic mass is 35.5. The Hall–Kier alpha value is -2.93. The summed E-state index contributed by atoms with van der Waals surface area (Å²) in [5.74, 6) is -0.419. The molecule has 0 amide bonds. The summed E-state index contributed by atoms with van der Waals surface area (Å²) in [5.41, 5.74) is 0.868. The predicted octanol–water partition coefficient (Wildman–Crippen LogP) is 2.25. The third-order valence-corrected chi connectivity index (χ3v) is 3.66. The molecule has 2 heterocycles. The van der Waals surface area contributed by atoms with Gasteiger partial charge in [0.2, 0.25) is 0 Å². The largest absolute Gasteiger partial charge is 0.462 e. The summed E-state index contributed by atoms with van der Waals surface area (Å²) in [7, 11) is 0. The maximum Gasteiger partial charge on any atom is 0.338 e. The van der Waals surface area contributed by atoms with Gasteiger partial charge in [0, 0.05) is 12.4 Å². The molecule has 0 aliphatic heterocycles. The molecule has 0 spiro atoms. The Bertz CT molecular complexity index is 917. The van der Waals surface area contributed by atoms with E-state index in [0.29, 0.717) is 23.5 Å². The van der Waals surface area contributed by atoms with Gasteiger partial charge in [-0.3, -0.25) is 4.79 Å². The van der Waals surface area contributed by atoms with Crippen molar-refractivity contribution in [1.29, 1.82) is 0 Å². The van der Waals surface area contributed by atoms with Crippen LogP contribution in [0.5, 0.6) is 0 Å². The van der Waals surface area contributed by atoms with Crippen molar-refractivity contribution >= 4 is 17.6 Å². The smallest absolute Gasteiger partial charge is 0.338 e. The lowest BCUT2D eigenvalue weighted by Gasteiger charge is -2.09. The fraction of sp³-hybridized carbons (Fsp3) is 0.125. The number of rotatable bonds is 4. The first-order valence-electron chi connectivity index (χ1n) is 7.15. The van der Waals surface area contributed by atoms with Crippen molar-refractivity contribution in [3.05, 3.63) is 70.1 Å². The Labute approximate surface area is 142 Å². The number of hydrogen-bond acceptors (Lipinski definition) is 5. The van der Waals surface area contributed by atoms with Gasteiger partial charge in [-0.15, -0.1) is 0 Å². The van der Waals surface area contributed by atoms with Gasteiger partial charge in [0.25, 0.3) is 5.56 Å². The molecule has 1 aromatic carbocycles. The molecule has 0 bridgehead atoms. The fourth-order valence-corrected chi connectivity index (χ4v) is 2.37. The number of nitrogens with zero attached hydrogens (tertiary/aromatic N) is 4. The molecule has 0 saturated carbocycles. The molecule has 3 rings (SSSR count). The lowest BCUT2D eigenvalue weighted by molar-refractivity contribution is 0.0526. The van der Waals surface area contributed by atoms with Crippen LogP contribution in [0.15, 0.2) is 54.0 Å². The van der Waals surface area contributed by atoms with Crippen molar-refractivity contribution < 1.29 is 9.53 Å². The molecule has 0 aliphatic carbocycles. The van der Waals surface area contributed by atoms with Gasteiger partial charge < -0.3 is 9.30 Å². The van der Waals surface area contributed by atoms with Crippen LogP contribution < -0.4 is 5.56 Å². The fourth-order valence-electron chi connectivity index (χ4n) is 2.14. The molecule has 122 valence electrons. The molecule has 24 heavy (non-hydrogen) atoms. The van der Waals surface area contributed by atoms with Crippen LogP contribution in [-0.2, 0) is 4.74 Å². The molecule has 7 nitrogen and oxygen atoms in total. The third kappa shape index (κ3) is 2.93. The molecular weight excluding hydrogens is 332 g/mol. The van der Waals surface area contributed by atoms with Gasteiger partial charge in [-0.25, -0.2) is 9.78 Å². The topological polar surface area (TPSA) is 79.0 Å². The van der Waals surface area contributed by atoms with Crippen LogP contribution in [0.4, 0.5) is 0 Å². The normalized spacial score (nSPS) is 10.6. The van der Waals surface area contributed by atoms with Crippen molar-refractivity contribution in [3.63, 3.8) is 0 Å². The highest BCUT2D eigenvalue weighted by Gasteiger charge is 2.13. The zero-order valence-corrected chi connectivity index (χ0v) is 13.5. The van der Waals surface area contributed by atoms with Crippen LogP contribution in [0.25, 0.3) is 11.4 Å². The zero-order valence-electron chi connectivity index (χ0n) is 12.7. The number of benzene rings is 1. The lowest BCUT2D eigenvalue weighted by atomic mass is 10.2. The van der Waals surface area contributed by atoms with Crippen molar-refractivity contribution in [2.45, 2.75) is 6.92 Å². The van der Waals surface area contributed by atoms with E-state index in [1.807, 2.05) is 0 Å². The van der Waals surface area contributed by atoms with E-state index in [1.54, 1.807) is 48.1 Å². The Balaban J connectivity index is 1.97. The summed E-state index contributed by atoms with van der Waals surface area (Å²) in [5, 5.41) is 4.16. The third-order valence-electron chi connectivity index (χ3n) is 3.31. The first kappa shape index (κ1) is 15.9. The minimum absolute atomic E-state index is 0.0254. The van der Waals surface area contributed by atoms with E-state index in [1.165, 1.54) is 12.5 Å². The summed E-state index contributed by atoms with van der Waals surface area (Å²) in [6, 6.07) is 6.35. The van der Waals surface area contributed by atoms with Gasteiger partial charge in [-0.1, -0.05) is 11.6 Å².